The van der Waals surface area contributed by atoms with Crippen molar-refractivity contribution in [2.45, 2.75) is 0 Å². The zero-order valence-corrected chi connectivity index (χ0v) is 18.8. The van der Waals surface area contributed by atoms with Gasteiger partial charge >= 0.3 is 116 Å². The van der Waals surface area contributed by atoms with Gasteiger partial charge in [0.25, 0.3) is 0 Å². The first kappa shape index (κ1) is 290. The summed E-state index contributed by atoms with van der Waals surface area (Å²) >= 11 is 0. The van der Waals surface area contributed by atoms with Gasteiger partial charge in [-0.05, 0) is 0 Å². The van der Waals surface area contributed by atoms with Crippen LogP contribution in [0.2, 0.25) is 0 Å². The molecule has 15 nitrogen and oxygen atoms in total. The molecular weight excluding hydrogens is 429 g/mol. The summed E-state index contributed by atoms with van der Waals surface area (Å²) in [5.74, 6) is 0. The summed E-state index contributed by atoms with van der Waals surface area (Å²) in [4.78, 5) is 0. The molecule has 0 aromatic carbocycles. The Morgan fingerprint density at radius 2 is 0.500 bits per heavy atom. The van der Waals surface area contributed by atoms with Crippen molar-refractivity contribution < 1.29 is 77.8 Å². The standard InChI is InChI=1S/4Al.2Mg.H2O4S.7H2O.4O/c;;;;;;1-5(2,3)4;;;;;;;;;;;/h;;;;;;(H2,1,2,3,4);7*1H2;;;;/q4*+3;2*+2;;;;;;;;;4*-2/p-8. The van der Waals surface area contributed by atoms with Crippen LogP contribution in [0.3, 0.4) is 0 Å². The van der Waals surface area contributed by atoms with Gasteiger partial charge in [0.1, 0.15) is 0 Å². The normalized spacial score (nSPS) is 2.64. The molecule has 0 amide bonds. The van der Waals surface area contributed by atoms with Crippen LogP contribution in [0.4, 0.5) is 0 Å². The molecule has 0 aromatic rings. The first-order valence-corrected chi connectivity index (χ1v) is 2.00. The summed E-state index contributed by atoms with van der Waals surface area (Å²) in [7, 11) is -5.17. The molecule has 0 bridgehead atoms. The molecule has 22 heteroatoms. The minimum Gasteiger partial charge on any atom is -2.00 e. The molecule has 8 N–H and O–H groups in total. The molecule has 22 heavy (non-hydrogen) atoms. The molecule has 0 radical (unpaired) electrons. The van der Waals surface area contributed by atoms with Crippen LogP contribution in [-0.4, -0.2) is 171 Å². The van der Waals surface area contributed by atoms with Gasteiger partial charge in [0, 0.05) is 10.4 Å². The van der Waals surface area contributed by atoms with Crippen molar-refractivity contribution in [1.82, 2.24) is 0 Å². The van der Waals surface area contributed by atoms with Crippen molar-refractivity contribution in [1.29, 1.82) is 0 Å². The number of hydrogen-bond donors (Lipinski definition) is 0. The second-order valence-corrected chi connectivity index (χ2v) is 1.22. The van der Waals surface area contributed by atoms with E-state index in [0.29, 0.717) is 0 Å². The zero-order valence-electron chi connectivity index (χ0n) is 10.6. The van der Waals surface area contributed by atoms with Crippen LogP contribution in [0.5, 0.6) is 0 Å². The second-order valence-electron chi connectivity index (χ2n) is 0.408. The van der Waals surface area contributed by atoms with E-state index in [-0.39, 0.29) is 176 Å². The Kier molecular flexibility index (Phi) is 2050. The molecule has 0 rings (SSSR count). The van der Waals surface area contributed by atoms with Crippen LogP contribution >= 0.6 is 0 Å². The molecule has 0 unspecified atom stereocenters. The predicted molar refractivity (Wildman–Crippen MR) is 63.0 cm³/mol. The summed E-state index contributed by atoms with van der Waals surface area (Å²) in [6.07, 6.45) is 0. The van der Waals surface area contributed by atoms with Gasteiger partial charge in [0.15, 0.2) is 0 Å². The monoisotopic (exact) mass is 436 g/mol. The van der Waals surface area contributed by atoms with Gasteiger partial charge < -0.3 is 69.3 Å². The molecule has 120 valence electrons. The average Bonchev–Trinajstić information content (AvgIpc) is 0.722. The zero-order chi connectivity index (χ0) is 4.50. The van der Waals surface area contributed by atoms with E-state index in [9.17, 15) is 0 Å². The Balaban J connectivity index is -0.000000000588. The third-order valence-corrected chi connectivity index (χ3v) is 0. The van der Waals surface area contributed by atoms with Crippen molar-refractivity contribution >= 4 is 126 Å². The van der Waals surface area contributed by atoms with E-state index in [1.807, 2.05) is 0 Å². The molecule has 0 aliphatic rings. The van der Waals surface area contributed by atoms with Crippen LogP contribution in [0.25, 0.3) is 0 Å². The summed E-state index contributed by atoms with van der Waals surface area (Å²) in [6, 6.07) is 0. The smallest absolute Gasteiger partial charge is 2.00 e. The van der Waals surface area contributed by atoms with E-state index in [1.54, 1.807) is 0 Å². The van der Waals surface area contributed by atoms with Crippen LogP contribution in [0.1, 0.15) is 0 Å². The van der Waals surface area contributed by atoms with Gasteiger partial charge in [-0.25, -0.2) is 0 Å². The predicted octanol–water partition coefficient (Wildman–Crippen LogP) is -5.98. The van der Waals surface area contributed by atoms with Crippen LogP contribution in [0.15, 0.2) is 0 Å². The van der Waals surface area contributed by atoms with Crippen LogP contribution in [0, 0.1) is 0 Å². The van der Waals surface area contributed by atoms with E-state index < -0.39 is 10.4 Å². The van der Waals surface area contributed by atoms with E-state index in [0.717, 1.165) is 0 Å². The maximum absolute atomic E-state index is 8.52. The maximum atomic E-state index is 8.52. The molecule has 0 atom stereocenters. The summed E-state index contributed by atoms with van der Waals surface area (Å²) in [5.41, 5.74) is 0. The van der Waals surface area contributed by atoms with E-state index >= 15 is 0 Å². The quantitative estimate of drug-likeness (QED) is 0.196. The van der Waals surface area contributed by atoms with E-state index in [2.05, 4.69) is 0 Å². The number of rotatable bonds is 0. The molecular formula is H8Al4Mg2O15S. The van der Waals surface area contributed by atoms with Gasteiger partial charge in [0.05, 0.1) is 0 Å². The van der Waals surface area contributed by atoms with Crippen molar-refractivity contribution in [3.8, 4) is 0 Å². The minimum absolute atomic E-state index is 0. The molecule has 0 aromatic heterocycles. The van der Waals surface area contributed by atoms with Gasteiger partial charge in [-0.2, -0.15) is 0 Å². The Morgan fingerprint density at radius 3 is 0.500 bits per heavy atom. The third kappa shape index (κ3) is 1180. The summed E-state index contributed by atoms with van der Waals surface area (Å²) in [5, 5.41) is 0. The van der Waals surface area contributed by atoms with E-state index in [4.69, 9.17) is 17.5 Å². The van der Waals surface area contributed by atoms with Gasteiger partial charge in [-0.1, -0.05) is 0 Å². The fraction of sp³-hybridized carbons (Fsp3) is 0. The maximum Gasteiger partial charge on any atom is 3.00 e. The second kappa shape index (κ2) is 155. The van der Waals surface area contributed by atoms with Crippen LogP contribution in [-0.2, 0) is 32.3 Å². The molecule has 0 spiro atoms. The first-order chi connectivity index (χ1) is 2.00. The third-order valence-electron chi connectivity index (χ3n) is 0. The first-order valence-electron chi connectivity index (χ1n) is 0.667. The topological polar surface area (TPSA) is 406 Å². The fourth-order valence-electron chi connectivity index (χ4n) is 0. The molecule has 0 aliphatic heterocycles. The van der Waals surface area contributed by atoms with Crippen molar-refractivity contribution in [2.24, 2.45) is 0 Å². The van der Waals surface area contributed by atoms with E-state index in [1.165, 1.54) is 0 Å². The Hall–Kier alpha value is 3.09. The largest absolute Gasteiger partial charge is 3.00 e. The van der Waals surface area contributed by atoms with Crippen LogP contribution < -0.4 is 0 Å². The molecule has 0 aliphatic carbocycles. The molecule has 0 heterocycles. The SMILES string of the molecule is O.O=S(=O)([O-])[O-].[Al+3].[Al+3].[Al+3].[Al+3].[Mg+2].[Mg+2].[O-2].[O-2].[O-2].[O-2].[OH-].[OH-].[OH-].[OH-].[OH-].[OH-]. The van der Waals surface area contributed by atoms with Crippen molar-refractivity contribution in [3.05, 3.63) is 0 Å². The Labute approximate surface area is 201 Å². The summed E-state index contributed by atoms with van der Waals surface area (Å²) < 4.78 is 34.1. The van der Waals surface area contributed by atoms with Crippen molar-refractivity contribution in [3.63, 3.8) is 0 Å². The van der Waals surface area contributed by atoms with Gasteiger partial charge in [0.2, 0.25) is 0 Å². The van der Waals surface area contributed by atoms with Crippen molar-refractivity contribution in [2.75, 3.05) is 0 Å². The van der Waals surface area contributed by atoms with Gasteiger partial charge in [-0.3, -0.25) is 8.42 Å². The summed E-state index contributed by atoms with van der Waals surface area (Å²) in [6.45, 7) is 0. The molecule has 0 saturated carbocycles. The molecule has 0 saturated heterocycles. The Bertz CT molecular complexity index is 113. The minimum atomic E-state index is -5.17. The molecule has 0 fully saturated rings. The Morgan fingerprint density at radius 1 is 0.500 bits per heavy atom. The fourth-order valence-corrected chi connectivity index (χ4v) is 0. The van der Waals surface area contributed by atoms with Gasteiger partial charge in [-0.15, -0.1) is 0 Å². The average molecular weight is 437 g/mol. The number of hydrogen-bond acceptors (Lipinski definition) is 10.